The lowest BCUT2D eigenvalue weighted by Gasteiger charge is -2.26. The molecule has 0 aromatic rings. The predicted molar refractivity (Wildman–Crippen MR) is 95.9 cm³/mol. The molecule has 0 aliphatic heterocycles. The van der Waals surface area contributed by atoms with Crippen LogP contribution in [0.3, 0.4) is 0 Å². The summed E-state index contributed by atoms with van der Waals surface area (Å²) in [5.74, 6) is 9.44. The molecule has 122 valence electrons. The van der Waals surface area contributed by atoms with Gasteiger partial charge in [-0.15, -0.1) is 0 Å². The summed E-state index contributed by atoms with van der Waals surface area (Å²) in [5.41, 5.74) is 6.96. The van der Waals surface area contributed by atoms with Crippen molar-refractivity contribution in [2.75, 3.05) is 0 Å². The number of hydrogen-bond acceptors (Lipinski definition) is 1. The highest BCUT2D eigenvalue weighted by Gasteiger charge is 2.19. The van der Waals surface area contributed by atoms with E-state index in [2.05, 4.69) is 60.0 Å². The third-order valence-electron chi connectivity index (χ3n) is 4.82. The molecule has 5 atom stereocenters. The first kappa shape index (κ1) is 20.3. The van der Waals surface area contributed by atoms with E-state index in [1.165, 1.54) is 24.8 Å². The highest BCUT2D eigenvalue weighted by atomic mass is 14.6. The first-order chi connectivity index (χ1) is 9.68. The van der Waals surface area contributed by atoms with Crippen LogP contribution in [0.2, 0.25) is 0 Å². The Bertz CT molecular complexity index is 356. The summed E-state index contributed by atoms with van der Waals surface area (Å²) in [7, 11) is 0. The molecule has 0 spiro atoms. The zero-order chi connectivity index (χ0) is 16.6. The fourth-order valence-corrected chi connectivity index (χ4v) is 2.65. The SMILES string of the molecule is C=C(C(C)C#CC(C)N)C(C)CC(CC)CC(C)C(C)C. The molecule has 0 saturated heterocycles. The van der Waals surface area contributed by atoms with Crippen LogP contribution in [0.4, 0.5) is 0 Å². The lowest BCUT2D eigenvalue weighted by Crippen LogP contribution is -2.16. The van der Waals surface area contributed by atoms with E-state index in [0.29, 0.717) is 5.92 Å². The number of hydrogen-bond donors (Lipinski definition) is 1. The lowest BCUT2D eigenvalue weighted by molar-refractivity contribution is 0.282. The quantitative estimate of drug-likeness (QED) is 0.479. The van der Waals surface area contributed by atoms with Crippen molar-refractivity contribution in [3.8, 4) is 11.8 Å². The molecule has 0 aromatic carbocycles. The molecule has 5 unspecified atom stereocenters. The normalized spacial score (nSPS) is 18.3. The van der Waals surface area contributed by atoms with Gasteiger partial charge in [-0.05, 0) is 50.4 Å². The van der Waals surface area contributed by atoms with Gasteiger partial charge in [0.1, 0.15) is 0 Å². The fraction of sp³-hybridized carbons (Fsp3) is 0.800. The average Bonchev–Trinajstić information content (AvgIpc) is 2.42. The first-order valence-corrected chi connectivity index (χ1v) is 8.64. The van der Waals surface area contributed by atoms with E-state index in [-0.39, 0.29) is 12.0 Å². The summed E-state index contributed by atoms with van der Waals surface area (Å²) in [6.07, 6.45) is 3.82. The molecule has 0 aromatic heterocycles. The minimum atomic E-state index is -0.0502. The highest BCUT2D eigenvalue weighted by molar-refractivity contribution is 5.19. The summed E-state index contributed by atoms with van der Waals surface area (Å²) in [6.45, 7) is 20.0. The highest BCUT2D eigenvalue weighted by Crippen LogP contribution is 2.31. The van der Waals surface area contributed by atoms with Crippen molar-refractivity contribution in [3.63, 3.8) is 0 Å². The molecule has 0 aliphatic carbocycles. The Balaban J connectivity index is 4.53. The van der Waals surface area contributed by atoms with Gasteiger partial charge in [0, 0.05) is 5.92 Å². The zero-order valence-electron chi connectivity index (χ0n) is 15.4. The van der Waals surface area contributed by atoms with Gasteiger partial charge in [0.25, 0.3) is 0 Å². The molecule has 0 heterocycles. The molecular weight excluding hydrogens is 254 g/mol. The van der Waals surface area contributed by atoms with E-state index in [9.17, 15) is 0 Å². The Hall–Kier alpha value is -0.740. The minimum Gasteiger partial charge on any atom is -0.318 e. The summed E-state index contributed by atoms with van der Waals surface area (Å²) in [4.78, 5) is 0. The standard InChI is InChI=1S/C20H37N/c1-9-20(12-16(5)14(2)3)13-17(6)19(8)15(4)10-11-18(7)21/h14-18,20H,8-9,12-13,21H2,1-7H3. The van der Waals surface area contributed by atoms with Gasteiger partial charge < -0.3 is 5.73 Å². The third-order valence-corrected chi connectivity index (χ3v) is 4.82. The Kier molecular flexibility index (Phi) is 9.71. The van der Waals surface area contributed by atoms with E-state index < -0.39 is 0 Å². The van der Waals surface area contributed by atoms with Gasteiger partial charge in [-0.25, -0.2) is 0 Å². The summed E-state index contributed by atoms with van der Waals surface area (Å²) in [6, 6.07) is -0.0502. The van der Waals surface area contributed by atoms with Crippen LogP contribution in [-0.2, 0) is 0 Å². The van der Waals surface area contributed by atoms with Crippen molar-refractivity contribution in [2.45, 2.75) is 73.8 Å². The Morgan fingerprint density at radius 2 is 1.57 bits per heavy atom. The van der Waals surface area contributed by atoms with Crippen LogP contribution in [-0.4, -0.2) is 6.04 Å². The zero-order valence-corrected chi connectivity index (χ0v) is 15.4. The molecule has 0 saturated carbocycles. The molecule has 0 amide bonds. The van der Waals surface area contributed by atoms with Crippen molar-refractivity contribution in [1.82, 2.24) is 0 Å². The van der Waals surface area contributed by atoms with E-state index in [1.807, 2.05) is 6.92 Å². The van der Waals surface area contributed by atoms with Gasteiger partial charge >= 0.3 is 0 Å². The molecule has 0 aliphatic rings. The Labute approximate surface area is 133 Å². The lowest BCUT2D eigenvalue weighted by atomic mass is 9.79. The van der Waals surface area contributed by atoms with Crippen LogP contribution in [0.1, 0.15) is 67.7 Å². The fourth-order valence-electron chi connectivity index (χ4n) is 2.65. The largest absolute Gasteiger partial charge is 0.318 e. The van der Waals surface area contributed by atoms with Gasteiger partial charge in [-0.3, -0.25) is 0 Å². The molecule has 1 heteroatoms. The Morgan fingerprint density at radius 1 is 1.00 bits per heavy atom. The average molecular weight is 292 g/mol. The maximum Gasteiger partial charge on any atom is 0.0636 e. The number of allylic oxidation sites excluding steroid dienone is 1. The molecule has 0 rings (SSSR count). The summed E-state index contributed by atoms with van der Waals surface area (Å²) >= 11 is 0. The van der Waals surface area contributed by atoms with Gasteiger partial charge in [0.05, 0.1) is 6.04 Å². The second kappa shape index (κ2) is 10.1. The second-order valence-electron chi connectivity index (χ2n) is 7.24. The third kappa shape index (κ3) is 8.32. The van der Waals surface area contributed by atoms with E-state index in [1.54, 1.807) is 0 Å². The van der Waals surface area contributed by atoms with Crippen LogP contribution in [0.15, 0.2) is 12.2 Å². The molecule has 1 nitrogen and oxygen atoms in total. The predicted octanol–water partition coefficient (Wildman–Crippen LogP) is 5.26. The summed E-state index contributed by atoms with van der Waals surface area (Å²) < 4.78 is 0. The van der Waals surface area contributed by atoms with Gasteiger partial charge in [0.2, 0.25) is 0 Å². The monoisotopic (exact) mass is 291 g/mol. The molecular formula is C20H37N. The van der Waals surface area contributed by atoms with Crippen LogP contribution in [0.25, 0.3) is 0 Å². The van der Waals surface area contributed by atoms with Crippen molar-refractivity contribution in [1.29, 1.82) is 0 Å². The second-order valence-corrected chi connectivity index (χ2v) is 7.24. The van der Waals surface area contributed by atoms with Crippen molar-refractivity contribution < 1.29 is 0 Å². The molecule has 0 fully saturated rings. The Morgan fingerprint density at radius 3 is 2.00 bits per heavy atom. The van der Waals surface area contributed by atoms with Crippen molar-refractivity contribution in [3.05, 3.63) is 12.2 Å². The number of rotatable bonds is 8. The summed E-state index contributed by atoms with van der Waals surface area (Å²) in [5, 5.41) is 0. The molecule has 2 N–H and O–H groups in total. The minimum absolute atomic E-state index is 0.0502. The maximum atomic E-state index is 5.70. The van der Waals surface area contributed by atoms with Gasteiger partial charge in [-0.2, -0.15) is 0 Å². The number of nitrogens with two attached hydrogens (primary N) is 1. The molecule has 21 heavy (non-hydrogen) atoms. The maximum absolute atomic E-state index is 5.70. The topological polar surface area (TPSA) is 26.0 Å². The smallest absolute Gasteiger partial charge is 0.0636 e. The molecule has 0 bridgehead atoms. The van der Waals surface area contributed by atoms with Crippen molar-refractivity contribution >= 4 is 0 Å². The van der Waals surface area contributed by atoms with E-state index >= 15 is 0 Å². The van der Waals surface area contributed by atoms with Gasteiger partial charge in [-0.1, -0.05) is 65.0 Å². The van der Waals surface area contributed by atoms with E-state index in [4.69, 9.17) is 5.73 Å². The van der Waals surface area contributed by atoms with Crippen LogP contribution >= 0.6 is 0 Å². The van der Waals surface area contributed by atoms with Crippen molar-refractivity contribution in [2.24, 2.45) is 35.3 Å². The molecule has 0 radical (unpaired) electrons. The van der Waals surface area contributed by atoms with Crippen LogP contribution < -0.4 is 5.73 Å². The van der Waals surface area contributed by atoms with Gasteiger partial charge in [0.15, 0.2) is 0 Å². The van der Waals surface area contributed by atoms with Crippen LogP contribution in [0, 0.1) is 41.4 Å². The van der Waals surface area contributed by atoms with Crippen LogP contribution in [0.5, 0.6) is 0 Å². The van der Waals surface area contributed by atoms with E-state index in [0.717, 1.165) is 17.8 Å². The first-order valence-electron chi connectivity index (χ1n) is 8.64.